The minimum Gasteiger partial charge on any atom is -0.479 e. The smallest absolute Gasteiger partial charge is 0.338 e. The van der Waals surface area contributed by atoms with E-state index in [0.717, 1.165) is 0 Å². The summed E-state index contributed by atoms with van der Waals surface area (Å²) in [5.41, 5.74) is 1.56. The number of carbonyl (C=O) groups excluding carboxylic acids is 2. The summed E-state index contributed by atoms with van der Waals surface area (Å²) >= 11 is 0. The molecule has 3 amide bonds. The van der Waals surface area contributed by atoms with Crippen LogP contribution in [0.4, 0.5) is 4.79 Å². The second-order valence-corrected chi connectivity index (χ2v) is 4.59. The van der Waals surface area contributed by atoms with E-state index >= 15 is 0 Å². The summed E-state index contributed by atoms with van der Waals surface area (Å²) in [4.78, 5) is 36.8. The average Bonchev–Trinajstić information content (AvgIpc) is 2.13. The molecule has 0 bridgehead atoms. The molecule has 4 N–H and O–H groups in total. The van der Waals surface area contributed by atoms with Crippen LogP contribution in [0.1, 0.15) is 27.2 Å². The predicted molar refractivity (Wildman–Crippen MR) is 62.6 cm³/mol. The van der Waals surface area contributed by atoms with Crippen molar-refractivity contribution in [1.82, 2.24) is 16.1 Å². The molecule has 8 heteroatoms. The molecule has 0 aliphatic carbocycles. The van der Waals surface area contributed by atoms with Crippen molar-refractivity contribution in [2.75, 3.05) is 13.2 Å². The first-order chi connectivity index (χ1) is 8.20. The van der Waals surface area contributed by atoms with Crippen LogP contribution in [0.3, 0.4) is 0 Å². The zero-order chi connectivity index (χ0) is 14.2. The number of aliphatic carboxylic acids is 1. The Bertz CT molecular complexity index is 311. The maximum absolute atomic E-state index is 11.4. The van der Waals surface area contributed by atoms with Crippen LogP contribution in [-0.2, 0) is 14.4 Å². The van der Waals surface area contributed by atoms with Gasteiger partial charge in [0.1, 0.15) is 0 Å². The molecule has 0 aromatic carbocycles. The largest absolute Gasteiger partial charge is 0.479 e. The first kappa shape index (κ1) is 16.2. The summed E-state index contributed by atoms with van der Waals surface area (Å²) in [7, 11) is 0. The average molecular weight is 261 g/mol. The van der Waals surface area contributed by atoms with Crippen LogP contribution in [-0.4, -0.2) is 41.7 Å². The third-order valence-electron chi connectivity index (χ3n) is 1.51. The Morgan fingerprint density at radius 1 is 1.22 bits per heavy atom. The minimum absolute atomic E-state index is 0.129. The molecule has 8 nitrogen and oxygen atoms in total. The minimum atomic E-state index is -1.19. The zero-order valence-electron chi connectivity index (χ0n) is 10.7. The van der Waals surface area contributed by atoms with Crippen LogP contribution in [0.2, 0.25) is 0 Å². The Hall–Kier alpha value is -1.83. The van der Waals surface area contributed by atoms with Gasteiger partial charge in [-0.15, -0.1) is 0 Å². The maximum Gasteiger partial charge on any atom is 0.338 e. The van der Waals surface area contributed by atoms with Gasteiger partial charge in [-0.05, 0) is 20.8 Å². The van der Waals surface area contributed by atoms with E-state index in [2.05, 4.69) is 15.5 Å². The van der Waals surface area contributed by atoms with Gasteiger partial charge in [0.25, 0.3) is 0 Å². The molecule has 0 aromatic rings. The molecular weight excluding hydrogens is 242 g/mol. The number of carboxylic acid groups (broad SMARTS) is 1. The zero-order valence-corrected chi connectivity index (χ0v) is 10.7. The Morgan fingerprint density at radius 3 is 2.33 bits per heavy atom. The molecule has 0 saturated heterocycles. The van der Waals surface area contributed by atoms with Gasteiger partial charge in [-0.1, -0.05) is 0 Å². The maximum atomic E-state index is 11.4. The van der Waals surface area contributed by atoms with Gasteiger partial charge in [0.2, 0.25) is 5.91 Å². The van der Waals surface area contributed by atoms with Crippen molar-refractivity contribution >= 4 is 17.9 Å². The third-order valence-corrected chi connectivity index (χ3v) is 1.51. The SMILES string of the molecule is CC(C)(C)NC(=O)CCNC(=O)NOCC(=O)O. The highest BCUT2D eigenvalue weighted by Crippen LogP contribution is 1.98. The molecule has 0 aliphatic rings. The summed E-state index contributed by atoms with van der Waals surface area (Å²) < 4.78 is 0. The fraction of sp³-hybridized carbons (Fsp3) is 0.700. The molecule has 0 heterocycles. The lowest BCUT2D eigenvalue weighted by atomic mass is 10.1. The Morgan fingerprint density at radius 2 is 1.83 bits per heavy atom. The Kier molecular flexibility index (Phi) is 6.73. The monoisotopic (exact) mass is 261 g/mol. The first-order valence-electron chi connectivity index (χ1n) is 5.39. The van der Waals surface area contributed by atoms with Crippen molar-refractivity contribution in [3.8, 4) is 0 Å². The number of hydrogen-bond donors (Lipinski definition) is 4. The molecule has 0 aromatic heterocycles. The summed E-state index contributed by atoms with van der Waals surface area (Å²) in [5.74, 6) is -1.38. The molecule has 0 fully saturated rings. The van der Waals surface area contributed by atoms with Crippen LogP contribution >= 0.6 is 0 Å². The molecule has 0 rings (SSSR count). The van der Waals surface area contributed by atoms with E-state index in [1.54, 1.807) is 0 Å². The molecule has 0 atom stereocenters. The summed E-state index contributed by atoms with van der Waals surface area (Å²) in [6.07, 6.45) is 0.129. The van der Waals surface area contributed by atoms with E-state index in [4.69, 9.17) is 5.11 Å². The molecule has 18 heavy (non-hydrogen) atoms. The van der Waals surface area contributed by atoms with Gasteiger partial charge < -0.3 is 15.7 Å². The number of nitrogens with one attached hydrogen (secondary N) is 3. The number of carboxylic acids is 1. The summed E-state index contributed by atoms with van der Waals surface area (Å²) in [6, 6.07) is -0.695. The van der Waals surface area contributed by atoms with Gasteiger partial charge in [-0.3, -0.25) is 9.63 Å². The third kappa shape index (κ3) is 10.7. The topological polar surface area (TPSA) is 117 Å². The van der Waals surface area contributed by atoms with Gasteiger partial charge in [-0.2, -0.15) is 0 Å². The lowest BCUT2D eigenvalue weighted by molar-refractivity contribution is -0.144. The standard InChI is InChI=1S/C10H19N3O5/c1-10(2,3)12-7(14)4-5-11-9(17)13-18-6-8(15)16/h4-6H2,1-3H3,(H,12,14)(H,15,16)(H2,11,13,17). The number of urea groups is 1. The van der Waals surface area contributed by atoms with Crippen molar-refractivity contribution in [3.05, 3.63) is 0 Å². The highest BCUT2D eigenvalue weighted by molar-refractivity contribution is 5.78. The summed E-state index contributed by atoms with van der Waals surface area (Å²) in [6.45, 7) is 5.06. The Labute approximate surface area is 105 Å². The van der Waals surface area contributed by atoms with Gasteiger partial charge in [0.05, 0.1) is 0 Å². The molecule has 0 saturated carbocycles. The van der Waals surface area contributed by atoms with E-state index in [1.807, 2.05) is 26.3 Å². The molecule has 104 valence electrons. The van der Waals surface area contributed by atoms with Crippen molar-refractivity contribution in [3.63, 3.8) is 0 Å². The van der Waals surface area contributed by atoms with Crippen molar-refractivity contribution < 1.29 is 24.3 Å². The fourth-order valence-corrected chi connectivity index (χ4v) is 0.970. The molecule has 0 spiro atoms. The normalized spacial score (nSPS) is 10.6. The molecular formula is C10H19N3O5. The van der Waals surface area contributed by atoms with Crippen molar-refractivity contribution in [1.29, 1.82) is 0 Å². The van der Waals surface area contributed by atoms with Gasteiger partial charge in [0, 0.05) is 18.5 Å². The van der Waals surface area contributed by atoms with Crippen LogP contribution in [0, 0.1) is 0 Å². The van der Waals surface area contributed by atoms with Gasteiger partial charge in [-0.25, -0.2) is 15.1 Å². The van der Waals surface area contributed by atoms with Gasteiger partial charge in [0.15, 0.2) is 6.61 Å². The second-order valence-electron chi connectivity index (χ2n) is 4.59. The Balaban J connectivity index is 3.62. The summed E-state index contributed by atoms with van der Waals surface area (Å²) in [5, 5.41) is 13.3. The number of carbonyl (C=O) groups is 3. The molecule has 0 radical (unpaired) electrons. The lowest BCUT2D eigenvalue weighted by Gasteiger charge is -2.20. The van der Waals surface area contributed by atoms with Crippen molar-refractivity contribution in [2.24, 2.45) is 0 Å². The van der Waals surface area contributed by atoms with Crippen LogP contribution in [0.15, 0.2) is 0 Å². The molecule has 0 aliphatic heterocycles. The van der Waals surface area contributed by atoms with Crippen LogP contribution in [0.5, 0.6) is 0 Å². The number of rotatable bonds is 6. The second kappa shape index (κ2) is 7.49. The van der Waals surface area contributed by atoms with Crippen LogP contribution in [0.25, 0.3) is 0 Å². The lowest BCUT2D eigenvalue weighted by Crippen LogP contribution is -2.43. The van der Waals surface area contributed by atoms with Gasteiger partial charge >= 0.3 is 12.0 Å². The number of amides is 3. The first-order valence-corrected chi connectivity index (χ1v) is 5.39. The van der Waals surface area contributed by atoms with E-state index < -0.39 is 18.6 Å². The highest BCUT2D eigenvalue weighted by Gasteiger charge is 2.13. The van der Waals surface area contributed by atoms with E-state index in [9.17, 15) is 14.4 Å². The van der Waals surface area contributed by atoms with Crippen LogP contribution < -0.4 is 16.1 Å². The van der Waals surface area contributed by atoms with E-state index in [0.29, 0.717) is 0 Å². The quantitative estimate of drug-likeness (QED) is 0.486. The predicted octanol–water partition coefficient (Wildman–Crippen LogP) is -0.393. The fourth-order valence-electron chi connectivity index (χ4n) is 0.970. The van der Waals surface area contributed by atoms with Crippen molar-refractivity contribution in [2.45, 2.75) is 32.7 Å². The number of hydrogen-bond acceptors (Lipinski definition) is 4. The molecule has 0 unspecified atom stereocenters. The highest BCUT2D eigenvalue weighted by atomic mass is 16.7. The van der Waals surface area contributed by atoms with E-state index in [-0.39, 0.29) is 24.4 Å². The number of hydroxylamine groups is 1. The van der Waals surface area contributed by atoms with E-state index in [1.165, 1.54) is 0 Å².